The molecule has 0 spiro atoms. The van der Waals surface area contributed by atoms with Gasteiger partial charge >= 0.3 is 5.97 Å². The van der Waals surface area contributed by atoms with Crippen molar-refractivity contribution in [3.63, 3.8) is 0 Å². The van der Waals surface area contributed by atoms with Crippen molar-refractivity contribution < 1.29 is 33.7 Å². The number of amides is 1. The van der Waals surface area contributed by atoms with E-state index < -0.39 is 23.7 Å². The predicted octanol–water partition coefficient (Wildman–Crippen LogP) is 3.85. The Kier molecular flexibility index (Phi) is 7.37. The summed E-state index contributed by atoms with van der Waals surface area (Å²) in [6, 6.07) is 10.5. The molecular weight excluding hydrogens is 426 g/mol. The van der Waals surface area contributed by atoms with Crippen LogP contribution in [0.1, 0.15) is 43.9 Å². The van der Waals surface area contributed by atoms with Crippen LogP contribution in [-0.4, -0.2) is 48.4 Å². The predicted molar refractivity (Wildman–Crippen MR) is 121 cm³/mol. The number of carbonyl (C=O) groups excluding carboxylic acids is 3. The normalized spacial score (nSPS) is 17.2. The number of likely N-dealkylation sites (tertiary alicyclic amines) is 1. The van der Waals surface area contributed by atoms with Crippen LogP contribution in [0, 0.1) is 0 Å². The molecule has 1 saturated heterocycles. The number of aliphatic hydroxyl groups excluding tert-OH is 1. The van der Waals surface area contributed by atoms with Crippen LogP contribution >= 0.6 is 0 Å². The summed E-state index contributed by atoms with van der Waals surface area (Å²) in [5.74, 6) is -1.13. The SMILES string of the molecule is CCCCN1C(=O)C(=O)/C(=C(/O)c2cc(OC)ccc2OC)C1c1ccc(OC(C)=O)cc1. The van der Waals surface area contributed by atoms with Gasteiger partial charge in [0.25, 0.3) is 11.7 Å². The summed E-state index contributed by atoms with van der Waals surface area (Å²) in [4.78, 5) is 38.7. The van der Waals surface area contributed by atoms with E-state index in [2.05, 4.69) is 0 Å². The smallest absolute Gasteiger partial charge is 0.308 e. The molecule has 0 bridgehead atoms. The Morgan fingerprint density at radius 2 is 1.70 bits per heavy atom. The molecule has 0 aliphatic carbocycles. The highest BCUT2D eigenvalue weighted by atomic mass is 16.5. The molecule has 3 rings (SSSR count). The molecule has 2 aromatic carbocycles. The fourth-order valence-electron chi connectivity index (χ4n) is 3.81. The van der Waals surface area contributed by atoms with Crippen LogP contribution in [0.3, 0.4) is 0 Å². The van der Waals surface area contributed by atoms with Crippen LogP contribution in [0.2, 0.25) is 0 Å². The molecule has 1 N–H and O–H groups in total. The zero-order valence-corrected chi connectivity index (χ0v) is 19.1. The van der Waals surface area contributed by atoms with E-state index in [0.29, 0.717) is 35.8 Å². The van der Waals surface area contributed by atoms with E-state index in [1.54, 1.807) is 42.5 Å². The number of methoxy groups -OCH3 is 2. The van der Waals surface area contributed by atoms with Crippen LogP contribution in [0.25, 0.3) is 5.76 Å². The van der Waals surface area contributed by atoms with Crippen molar-refractivity contribution >= 4 is 23.4 Å². The van der Waals surface area contributed by atoms with E-state index in [1.807, 2.05) is 6.92 Å². The van der Waals surface area contributed by atoms with Gasteiger partial charge in [0.2, 0.25) is 0 Å². The number of unbranched alkanes of at least 4 members (excludes halogenated alkanes) is 1. The number of esters is 1. The van der Waals surface area contributed by atoms with Crippen molar-refractivity contribution in [1.82, 2.24) is 4.90 Å². The Bertz CT molecular complexity index is 1090. The van der Waals surface area contributed by atoms with E-state index in [-0.39, 0.29) is 16.9 Å². The van der Waals surface area contributed by atoms with E-state index in [9.17, 15) is 19.5 Å². The van der Waals surface area contributed by atoms with E-state index in [4.69, 9.17) is 14.2 Å². The van der Waals surface area contributed by atoms with Crippen LogP contribution in [0.15, 0.2) is 48.0 Å². The first-order valence-corrected chi connectivity index (χ1v) is 10.6. The second kappa shape index (κ2) is 10.2. The van der Waals surface area contributed by atoms with Crippen molar-refractivity contribution in [2.24, 2.45) is 0 Å². The van der Waals surface area contributed by atoms with Crippen molar-refractivity contribution in [2.75, 3.05) is 20.8 Å². The molecule has 1 unspecified atom stereocenters. The average molecular weight is 453 g/mol. The molecule has 1 aliphatic heterocycles. The Morgan fingerprint density at radius 3 is 2.27 bits per heavy atom. The monoisotopic (exact) mass is 453 g/mol. The lowest BCUT2D eigenvalue weighted by atomic mass is 9.94. The summed E-state index contributed by atoms with van der Waals surface area (Å²) in [7, 11) is 2.93. The molecule has 0 radical (unpaired) electrons. The Balaban J connectivity index is 2.18. The first-order chi connectivity index (χ1) is 15.8. The number of Topliss-reactive ketones (excluding diaryl/α,β-unsaturated/α-hetero) is 1. The van der Waals surface area contributed by atoms with Gasteiger partial charge in [-0.3, -0.25) is 14.4 Å². The van der Waals surface area contributed by atoms with Gasteiger partial charge in [0, 0.05) is 13.5 Å². The first kappa shape index (κ1) is 23.8. The van der Waals surface area contributed by atoms with Crippen LogP contribution < -0.4 is 14.2 Å². The van der Waals surface area contributed by atoms with Gasteiger partial charge < -0.3 is 24.2 Å². The summed E-state index contributed by atoms with van der Waals surface area (Å²) in [6.07, 6.45) is 1.52. The quantitative estimate of drug-likeness (QED) is 0.213. The standard InChI is InChI=1S/C25H27NO7/c1-5-6-13-26-22(16-7-9-17(10-8-16)33-15(2)27)21(24(29)25(26)30)23(28)19-14-18(31-3)11-12-20(19)32-4/h7-12,14,22,28H,5-6,13H2,1-4H3/b23-21+. The highest BCUT2D eigenvalue weighted by Gasteiger charge is 2.46. The van der Waals surface area contributed by atoms with Gasteiger partial charge in [-0.1, -0.05) is 25.5 Å². The molecule has 174 valence electrons. The van der Waals surface area contributed by atoms with E-state index >= 15 is 0 Å². The number of hydrogen-bond donors (Lipinski definition) is 1. The lowest BCUT2D eigenvalue weighted by Gasteiger charge is -2.25. The highest BCUT2D eigenvalue weighted by molar-refractivity contribution is 6.46. The minimum absolute atomic E-state index is 0.0390. The molecule has 2 aromatic rings. The number of nitrogens with zero attached hydrogens (tertiary/aromatic N) is 1. The number of ether oxygens (including phenoxy) is 3. The lowest BCUT2D eigenvalue weighted by Crippen LogP contribution is -2.30. The molecule has 0 aromatic heterocycles. The van der Waals surface area contributed by atoms with Gasteiger partial charge in [-0.25, -0.2) is 0 Å². The maximum absolute atomic E-state index is 13.1. The zero-order chi connectivity index (χ0) is 24.1. The largest absolute Gasteiger partial charge is 0.507 e. The second-order valence-corrected chi connectivity index (χ2v) is 7.57. The summed E-state index contributed by atoms with van der Waals surface area (Å²) in [5.41, 5.74) is 0.805. The number of hydrogen-bond acceptors (Lipinski definition) is 7. The third-order valence-electron chi connectivity index (χ3n) is 5.41. The van der Waals surface area contributed by atoms with Gasteiger partial charge in [0.05, 0.1) is 31.4 Å². The topological polar surface area (TPSA) is 102 Å². The molecule has 1 aliphatic rings. The Labute approximate surface area is 192 Å². The summed E-state index contributed by atoms with van der Waals surface area (Å²) >= 11 is 0. The van der Waals surface area contributed by atoms with Gasteiger partial charge in [-0.15, -0.1) is 0 Å². The van der Waals surface area contributed by atoms with Crippen LogP contribution in [0.4, 0.5) is 0 Å². The summed E-state index contributed by atoms with van der Waals surface area (Å²) in [5, 5.41) is 11.3. The van der Waals surface area contributed by atoms with E-state index in [1.165, 1.54) is 26.0 Å². The Morgan fingerprint density at radius 1 is 1.03 bits per heavy atom. The van der Waals surface area contributed by atoms with E-state index in [0.717, 1.165) is 6.42 Å². The van der Waals surface area contributed by atoms with Gasteiger partial charge in [0.1, 0.15) is 23.0 Å². The number of ketones is 1. The molecule has 1 fully saturated rings. The Hall–Kier alpha value is -3.81. The minimum atomic E-state index is -0.807. The average Bonchev–Trinajstić information content (AvgIpc) is 3.06. The number of carbonyl (C=O) groups is 3. The van der Waals surface area contributed by atoms with Crippen molar-refractivity contribution in [1.29, 1.82) is 0 Å². The number of benzene rings is 2. The third kappa shape index (κ3) is 4.84. The number of aliphatic hydroxyl groups is 1. The summed E-state index contributed by atoms with van der Waals surface area (Å²) in [6.45, 7) is 3.64. The zero-order valence-electron chi connectivity index (χ0n) is 19.1. The second-order valence-electron chi connectivity index (χ2n) is 7.57. The molecule has 8 heteroatoms. The van der Waals surface area contributed by atoms with Crippen molar-refractivity contribution in [3.8, 4) is 17.2 Å². The molecule has 8 nitrogen and oxygen atoms in total. The minimum Gasteiger partial charge on any atom is -0.507 e. The van der Waals surface area contributed by atoms with Crippen LogP contribution in [0.5, 0.6) is 17.2 Å². The van der Waals surface area contributed by atoms with Crippen molar-refractivity contribution in [3.05, 3.63) is 59.2 Å². The molecular formula is C25H27NO7. The third-order valence-corrected chi connectivity index (χ3v) is 5.41. The summed E-state index contributed by atoms with van der Waals surface area (Å²) < 4.78 is 15.7. The first-order valence-electron chi connectivity index (χ1n) is 10.6. The molecule has 0 saturated carbocycles. The number of rotatable bonds is 8. The maximum Gasteiger partial charge on any atom is 0.308 e. The molecule has 33 heavy (non-hydrogen) atoms. The van der Waals surface area contributed by atoms with Crippen molar-refractivity contribution in [2.45, 2.75) is 32.7 Å². The molecule has 1 amide bonds. The van der Waals surface area contributed by atoms with Gasteiger partial charge in [-0.2, -0.15) is 0 Å². The van der Waals surface area contributed by atoms with Gasteiger partial charge in [-0.05, 0) is 42.3 Å². The fourth-order valence-corrected chi connectivity index (χ4v) is 3.81. The van der Waals surface area contributed by atoms with Gasteiger partial charge in [0.15, 0.2) is 0 Å². The fraction of sp³-hybridized carbons (Fsp3) is 0.320. The van der Waals surface area contributed by atoms with Crippen LogP contribution in [-0.2, 0) is 14.4 Å². The lowest BCUT2D eigenvalue weighted by molar-refractivity contribution is -0.139. The maximum atomic E-state index is 13.1. The molecule has 1 atom stereocenters. The highest BCUT2D eigenvalue weighted by Crippen LogP contribution is 2.42. The molecule has 1 heterocycles.